The van der Waals surface area contributed by atoms with Gasteiger partial charge in [0.25, 0.3) is 5.91 Å². The molecule has 0 radical (unpaired) electrons. The molecule has 1 aliphatic carbocycles. The van der Waals surface area contributed by atoms with Crippen molar-refractivity contribution in [1.82, 2.24) is 5.32 Å². The maximum absolute atomic E-state index is 14.0. The number of nitrogens with two attached hydrogens (primary N) is 1. The summed E-state index contributed by atoms with van der Waals surface area (Å²) in [5, 5.41) is 2.92. The summed E-state index contributed by atoms with van der Waals surface area (Å²) in [6.45, 7) is 8.28. The van der Waals surface area contributed by atoms with Crippen molar-refractivity contribution in [3.05, 3.63) is 78.4 Å². The molecule has 0 aromatic heterocycles. The van der Waals surface area contributed by atoms with Crippen molar-refractivity contribution in [2.75, 3.05) is 11.4 Å². The molecule has 0 saturated heterocycles. The van der Waals surface area contributed by atoms with Gasteiger partial charge in [0.2, 0.25) is 18.0 Å². The van der Waals surface area contributed by atoms with Gasteiger partial charge in [-0.2, -0.15) is 0 Å². The number of carbonyl (C=O) groups is 3. The van der Waals surface area contributed by atoms with Crippen molar-refractivity contribution in [2.24, 2.45) is 34.4 Å². The predicted molar refractivity (Wildman–Crippen MR) is 151 cm³/mol. The molecule has 1 aliphatic heterocycles. The number of hydrogen-bond donors (Lipinski definition) is 2. The second-order valence-electron chi connectivity index (χ2n) is 10.8. The first-order chi connectivity index (χ1) is 18.3. The number of allylic oxidation sites excluding steroid dienone is 1. The zero-order chi connectivity index (χ0) is 27.2. The molecule has 7 heteroatoms. The van der Waals surface area contributed by atoms with E-state index in [4.69, 9.17) is 10.7 Å². The highest BCUT2D eigenvalue weighted by Crippen LogP contribution is 2.35. The molecule has 1 saturated carbocycles. The molecule has 3 atom stereocenters. The molecule has 1 unspecified atom stereocenters. The first kappa shape index (κ1) is 27.3. The molecule has 2 aromatic rings. The van der Waals surface area contributed by atoms with E-state index < -0.39 is 29.8 Å². The summed E-state index contributed by atoms with van der Waals surface area (Å²) >= 11 is 0. The van der Waals surface area contributed by atoms with Crippen LogP contribution in [0.1, 0.15) is 57.1 Å². The Labute approximate surface area is 225 Å². The summed E-state index contributed by atoms with van der Waals surface area (Å²) < 4.78 is 0. The van der Waals surface area contributed by atoms with Crippen molar-refractivity contribution in [1.29, 1.82) is 0 Å². The second-order valence-corrected chi connectivity index (χ2v) is 10.8. The lowest BCUT2D eigenvalue weighted by atomic mass is 9.82. The number of rotatable bonds is 12. The normalized spacial score (nSPS) is 18.7. The molecule has 200 valence electrons. The Bertz CT molecular complexity index is 1200. The summed E-state index contributed by atoms with van der Waals surface area (Å²) in [5.74, 6) is -1.86. The van der Waals surface area contributed by atoms with E-state index in [2.05, 4.69) is 11.9 Å². The van der Waals surface area contributed by atoms with Gasteiger partial charge in [-0.1, -0.05) is 81.3 Å². The van der Waals surface area contributed by atoms with Crippen LogP contribution >= 0.6 is 0 Å². The number of nitrogens with one attached hydrogen (secondary N) is 1. The van der Waals surface area contributed by atoms with E-state index in [9.17, 15) is 14.4 Å². The Morgan fingerprint density at radius 2 is 1.79 bits per heavy atom. The van der Waals surface area contributed by atoms with Crippen molar-refractivity contribution >= 4 is 29.1 Å². The summed E-state index contributed by atoms with van der Waals surface area (Å²) in [6, 6.07) is 17.5. The number of para-hydroxylation sites is 1. The maximum Gasteiger partial charge on any atom is 0.272 e. The fourth-order valence-electron chi connectivity index (χ4n) is 5.16. The van der Waals surface area contributed by atoms with Crippen molar-refractivity contribution in [2.45, 2.75) is 52.1 Å². The fraction of sp³-hybridized carbons (Fsp3) is 0.419. The largest absolute Gasteiger partial charge is 0.369 e. The van der Waals surface area contributed by atoms with Gasteiger partial charge in [0, 0.05) is 17.7 Å². The zero-order valence-electron chi connectivity index (χ0n) is 22.3. The number of benzodiazepines with no additional fused rings is 1. The van der Waals surface area contributed by atoms with Crippen LogP contribution in [0, 0.1) is 23.7 Å². The van der Waals surface area contributed by atoms with Crippen LogP contribution in [0.25, 0.3) is 0 Å². The Hall–Kier alpha value is -3.74. The molecular weight excluding hydrogens is 476 g/mol. The van der Waals surface area contributed by atoms with Gasteiger partial charge in [-0.05, 0) is 37.2 Å². The van der Waals surface area contributed by atoms with E-state index in [-0.39, 0.29) is 18.2 Å². The van der Waals surface area contributed by atoms with E-state index in [1.165, 1.54) is 12.8 Å². The van der Waals surface area contributed by atoms with Gasteiger partial charge in [-0.25, -0.2) is 4.99 Å². The van der Waals surface area contributed by atoms with E-state index in [0.717, 1.165) is 23.2 Å². The van der Waals surface area contributed by atoms with E-state index in [1.807, 2.05) is 68.4 Å². The lowest BCUT2D eigenvalue weighted by Crippen LogP contribution is -2.51. The summed E-state index contributed by atoms with van der Waals surface area (Å²) in [6.07, 6.45) is 4.49. The third-order valence-electron chi connectivity index (χ3n) is 7.33. The molecule has 3 N–H and O–H groups in total. The van der Waals surface area contributed by atoms with Crippen LogP contribution in [0.3, 0.4) is 0 Å². The second kappa shape index (κ2) is 12.2. The molecule has 0 bridgehead atoms. The molecule has 4 rings (SSSR count). The molecule has 38 heavy (non-hydrogen) atoms. The number of benzene rings is 2. The topological polar surface area (TPSA) is 105 Å². The lowest BCUT2D eigenvalue weighted by molar-refractivity contribution is -0.135. The van der Waals surface area contributed by atoms with Crippen LogP contribution in [-0.2, 0) is 14.4 Å². The van der Waals surface area contributed by atoms with Gasteiger partial charge in [-0.15, -0.1) is 6.58 Å². The lowest BCUT2D eigenvalue weighted by Gasteiger charge is -2.28. The smallest absolute Gasteiger partial charge is 0.272 e. The fourth-order valence-corrected chi connectivity index (χ4v) is 5.16. The standard InChI is InChI=1S/C31H38N4O3/c1-4-10-23(28(32)36)25(19-20(2)3)30(37)34-29-31(38)35(18-17-21-15-16-21)26-14-9-8-13-24(26)27(33-29)22-11-6-5-7-12-22/h4-9,11-14,20-21,23,25,29H,1,10,15-19H2,2-3H3,(H2,32,36)(H,34,37)/t23-,25+,29?/m0/s1. The molecule has 3 amide bonds. The Morgan fingerprint density at radius 1 is 1.11 bits per heavy atom. The minimum absolute atomic E-state index is 0.143. The highest BCUT2D eigenvalue weighted by molar-refractivity contribution is 6.20. The summed E-state index contributed by atoms with van der Waals surface area (Å²) in [5.41, 5.74) is 8.84. The first-order valence-electron chi connectivity index (χ1n) is 13.5. The highest BCUT2D eigenvalue weighted by Gasteiger charge is 2.38. The summed E-state index contributed by atoms with van der Waals surface area (Å²) in [7, 11) is 0. The molecule has 2 aliphatic rings. The van der Waals surface area contributed by atoms with Crippen molar-refractivity contribution < 1.29 is 14.4 Å². The van der Waals surface area contributed by atoms with E-state index in [0.29, 0.717) is 24.6 Å². The number of aliphatic imine (C=N–C) groups is 1. The zero-order valence-corrected chi connectivity index (χ0v) is 22.3. The van der Waals surface area contributed by atoms with E-state index in [1.54, 1.807) is 11.0 Å². The highest BCUT2D eigenvalue weighted by atomic mass is 16.2. The van der Waals surface area contributed by atoms with Gasteiger partial charge in [0.1, 0.15) is 0 Å². The minimum Gasteiger partial charge on any atom is -0.369 e. The number of hydrogen-bond acceptors (Lipinski definition) is 4. The number of primary amides is 1. The molecule has 1 fully saturated rings. The molecule has 7 nitrogen and oxygen atoms in total. The number of fused-ring (bicyclic) bond motifs is 1. The molecular formula is C31H38N4O3. The van der Waals surface area contributed by atoms with Crippen LogP contribution in [-0.4, -0.2) is 36.1 Å². The van der Waals surface area contributed by atoms with E-state index >= 15 is 0 Å². The number of anilines is 1. The van der Waals surface area contributed by atoms with Gasteiger partial charge in [0.15, 0.2) is 0 Å². The van der Waals surface area contributed by atoms with Gasteiger partial charge in [-0.3, -0.25) is 14.4 Å². The Balaban J connectivity index is 1.74. The number of carbonyl (C=O) groups excluding carboxylic acids is 3. The molecule has 0 spiro atoms. The third-order valence-corrected chi connectivity index (χ3v) is 7.33. The number of amides is 3. The Kier molecular flexibility index (Phi) is 8.77. The Morgan fingerprint density at radius 3 is 2.42 bits per heavy atom. The van der Waals surface area contributed by atoms with Gasteiger partial charge >= 0.3 is 0 Å². The quantitative estimate of drug-likeness (QED) is 0.409. The van der Waals surface area contributed by atoms with Crippen LogP contribution < -0.4 is 16.0 Å². The average molecular weight is 515 g/mol. The third kappa shape index (κ3) is 6.39. The maximum atomic E-state index is 14.0. The predicted octanol–water partition coefficient (Wildman–Crippen LogP) is 4.45. The van der Waals surface area contributed by atoms with Crippen LogP contribution in [0.4, 0.5) is 5.69 Å². The van der Waals surface area contributed by atoms with Crippen LogP contribution in [0.5, 0.6) is 0 Å². The van der Waals surface area contributed by atoms with Crippen molar-refractivity contribution in [3.63, 3.8) is 0 Å². The number of nitrogens with zero attached hydrogens (tertiary/aromatic N) is 2. The SMILES string of the molecule is C=CC[C@H](C(N)=O)[C@@H](CC(C)C)C(=O)NC1N=C(c2ccccc2)c2ccccc2N(CCC2CC2)C1=O. The van der Waals surface area contributed by atoms with Crippen LogP contribution in [0.2, 0.25) is 0 Å². The summed E-state index contributed by atoms with van der Waals surface area (Å²) in [4.78, 5) is 46.7. The average Bonchev–Trinajstić information content (AvgIpc) is 3.74. The van der Waals surface area contributed by atoms with Crippen molar-refractivity contribution in [3.8, 4) is 0 Å². The van der Waals surface area contributed by atoms with Gasteiger partial charge in [0.05, 0.1) is 23.2 Å². The monoisotopic (exact) mass is 514 g/mol. The van der Waals surface area contributed by atoms with Crippen LogP contribution in [0.15, 0.2) is 72.2 Å². The molecule has 2 aromatic carbocycles. The minimum atomic E-state index is -1.13. The first-order valence-corrected chi connectivity index (χ1v) is 13.5. The van der Waals surface area contributed by atoms with Gasteiger partial charge < -0.3 is 16.0 Å². The molecule has 1 heterocycles.